The maximum atomic E-state index is 3.66. The molecule has 0 heterocycles. The van der Waals surface area contributed by atoms with Gasteiger partial charge in [-0.15, -0.1) is 0 Å². The summed E-state index contributed by atoms with van der Waals surface area (Å²) in [5.74, 6) is 1.01. The van der Waals surface area contributed by atoms with Crippen molar-refractivity contribution < 1.29 is 0 Å². The van der Waals surface area contributed by atoms with Gasteiger partial charge in [-0.2, -0.15) is 0 Å². The van der Waals surface area contributed by atoms with Crippen LogP contribution in [-0.2, 0) is 6.42 Å². The molecule has 0 bridgehead atoms. The van der Waals surface area contributed by atoms with Crippen molar-refractivity contribution in [3.8, 4) is 0 Å². The molecule has 1 N–H and O–H groups in total. The number of aryl methyl sites for hydroxylation is 2. The molecule has 0 spiro atoms. The second-order valence-electron chi connectivity index (χ2n) is 5.81. The molecule has 2 rings (SSSR count). The summed E-state index contributed by atoms with van der Waals surface area (Å²) in [6.07, 6.45) is 8.28. The first-order valence-electron chi connectivity index (χ1n) is 7.57. The van der Waals surface area contributed by atoms with Crippen LogP contribution in [0.25, 0.3) is 0 Å². The summed E-state index contributed by atoms with van der Waals surface area (Å²) in [6, 6.07) is 9.73. The van der Waals surface area contributed by atoms with Gasteiger partial charge in [0.05, 0.1) is 0 Å². The molecule has 18 heavy (non-hydrogen) atoms. The van der Waals surface area contributed by atoms with Gasteiger partial charge in [0.2, 0.25) is 0 Å². The second kappa shape index (κ2) is 6.94. The summed E-state index contributed by atoms with van der Waals surface area (Å²) in [4.78, 5) is 0. The Morgan fingerprint density at radius 3 is 2.50 bits per heavy atom. The van der Waals surface area contributed by atoms with Crippen LogP contribution in [0.15, 0.2) is 24.3 Å². The van der Waals surface area contributed by atoms with Crippen LogP contribution in [0.3, 0.4) is 0 Å². The van der Waals surface area contributed by atoms with Crippen molar-refractivity contribution in [3.63, 3.8) is 0 Å². The number of rotatable bonds is 7. The molecule has 1 nitrogen and oxygen atoms in total. The molecular weight excluding hydrogens is 218 g/mol. The molecule has 1 fully saturated rings. The van der Waals surface area contributed by atoms with Gasteiger partial charge in [0, 0.05) is 6.04 Å². The fraction of sp³-hybridized carbons (Fsp3) is 0.647. The summed E-state index contributed by atoms with van der Waals surface area (Å²) >= 11 is 0. The Balaban J connectivity index is 1.78. The van der Waals surface area contributed by atoms with Crippen LogP contribution in [0.2, 0.25) is 0 Å². The molecule has 1 heteroatoms. The van der Waals surface area contributed by atoms with Crippen LogP contribution in [0.5, 0.6) is 0 Å². The smallest absolute Gasteiger partial charge is 0.00727 e. The van der Waals surface area contributed by atoms with E-state index in [1.54, 1.807) is 0 Å². The van der Waals surface area contributed by atoms with Crippen LogP contribution in [0, 0.1) is 12.8 Å². The molecule has 1 unspecified atom stereocenters. The lowest BCUT2D eigenvalue weighted by Crippen LogP contribution is -2.33. The van der Waals surface area contributed by atoms with Gasteiger partial charge in [0.15, 0.2) is 0 Å². The Bertz CT molecular complexity index is 337. The second-order valence-corrected chi connectivity index (χ2v) is 5.81. The fourth-order valence-electron chi connectivity index (χ4n) is 2.82. The van der Waals surface area contributed by atoms with E-state index in [2.05, 4.69) is 43.4 Å². The van der Waals surface area contributed by atoms with Crippen molar-refractivity contribution in [2.75, 3.05) is 6.54 Å². The zero-order valence-electron chi connectivity index (χ0n) is 11.9. The summed E-state index contributed by atoms with van der Waals surface area (Å²) < 4.78 is 0. The number of nitrogens with one attached hydrogen (secondary N) is 1. The van der Waals surface area contributed by atoms with Gasteiger partial charge < -0.3 is 5.32 Å². The first-order chi connectivity index (χ1) is 8.78. The summed E-state index contributed by atoms with van der Waals surface area (Å²) in [5.41, 5.74) is 2.84. The normalized spacial score (nSPS) is 17.4. The topological polar surface area (TPSA) is 12.0 Å². The van der Waals surface area contributed by atoms with Gasteiger partial charge in [-0.1, -0.05) is 56.0 Å². The number of benzene rings is 1. The molecule has 0 saturated heterocycles. The Morgan fingerprint density at radius 2 is 1.94 bits per heavy atom. The van der Waals surface area contributed by atoms with E-state index >= 15 is 0 Å². The van der Waals surface area contributed by atoms with Crippen LogP contribution in [0.4, 0.5) is 0 Å². The van der Waals surface area contributed by atoms with Gasteiger partial charge in [-0.25, -0.2) is 0 Å². The Kier molecular flexibility index (Phi) is 5.25. The molecule has 1 aliphatic rings. The van der Waals surface area contributed by atoms with Crippen molar-refractivity contribution in [3.05, 3.63) is 35.4 Å². The Hall–Kier alpha value is -0.820. The SMILES string of the molecule is CCNC(CCc1ccc(C)cc1)CC1CCC1. The largest absolute Gasteiger partial charge is 0.314 e. The van der Waals surface area contributed by atoms with Crippen LogP contribution in [0.1, 0.15) is 50.2 Å². The highest BCUT2D eigenvalue weighted by atomic mass is 14.9. The molecule has 1 atom stereocenters. The third kappa shape index (κ3) is 4.13. The van der Waals surface area contributed by atoms with Crippen molar-refractivity contribution >= 4 is 0 Å². The average Bonchev–Trinajstić information content (AvgIpc) is 2.32. The lowest BCUT2D eigenvalue weighted by atomic mass is 9.80. The van der Waals surface area contributed by atoms with Crippen molar-refractivity contribution in [2.45, 2.75) is 58.4 Å². The van der Waals surface area contributed by atoms with Gasteiger partial charge in [-0.3, -0.25) is 0 Å². The first kappa shape index (κ1) is 13.6. The van der Waals surface area contributed by atoms with Gasteiger partial charge in [0.1, 0.15) is 0 Å². The molecule has 100 valence electrons. The van der Waals surface area contributed by atoms with E-state index in [1.165, 1.54) is 49.7 Å². The molecule has 0 aromatic heterocycles. The summed E-state index contributed by atoms with van der Waals surface area (Å²) in [7, 11) is 0. The zero-order chi connectivity index (χ0) is 12.8. The monoisotopic (exact) mass is 245 g/mol. The van der Waals surface area contributed by atoms with E-state index in [1.807, 2.05) is 0 Å². The fourth-order valence-corrected chi connectivity index (χ4v) is 2.82. The number of hydrogen-bond donors (Lipinski definition) is 1. The third-order valence-electron chi connectivity index (χ3n) is 4.24. The van der Waals surface area contributed by atoms with Gasteiger partial charge >= 0.3 is 0 Å². The van der Waals surface area contributed by atoms with Crippen LogP contribution >= 0.6 is 0 Å². The minimum atomic E-state index is 0.724. The molecule has 0 aliphatic heterocycles. The van der Waals surface area contributed by atoms with Gasteiger partial charge in [-0.05, 0) is 44.2 Å². The average molecular weight is 245 g/mol. The minimum absolute atomic E-state index is 0.724. The molecular formula is C17H27N. The maximum absolute atomic E-state index is 3.66. The first-order valence-corrected chi connectivity index (χ1v) is 7.57. The van der Waals surface area contributed by atoms with E-state index < -0.39 is 0 Å². The predicted molar refractivity (Wildman–Crippen MR) is 78.9 cm³/mol. The number of hydrogen-bond acceptors (Lipinski definition) is 1. The van der Waals surface area contributed by atoms with E-state index in [-0.39, 0.29) is 0 Å². The van der Waals surface area contributed by atoms with Gasteiger partial charge in [0.25, 0.3) is 0 Å². The van der Waals surface area contributed by atoms with Crippen molar-refractivity contribution in [1.29, 1.82) is 0 Å². The highest BCUT2D eigenvalue weighted by Crippen LogP contribution is 2.31. The third-order valence-corrected chi connectivity index (χ3v) is 4.24. The molecule has 0 amide bonds. The molecule has 1 aromatic rings. The summed E-state index contributed by atoms with van der Waals surface area (Å²) in [6.45, 7) is 5.48. The summed E-state index contributed by atoms with van der Waals surface area (Å²) in [5, 5.41) is 3.66. The van der Waals surface area contributed by atoms with E-state index in [0.29, 0.717) is 0 Å². The highest BCUT2D eigenvalue weighted by Gasteiger charge is 2.21. The standard InChI is InChI=1S/C17H27N/c1-3-18-17(13-16-5-4-6-16)12-11-15-9-7-14(2)8-10-15/h7-10,16-18H,3-6,11-13H2,1-2H3. The van der Waals surface area contributed by atoms with E-state index in [0.717, 1.165) is 18.5 Å². The lowest BCUT2D eigenvalue weighted by Gasteiger charge is -2.30. The Morgan fingerprint density at radius 1 is 1.22 bits per heavy atom. The molecule has 1 aliphatic carbocycles. The zero-order valence-corrected chi connectivity index (χ0v) is 11.9. The van der Waals surface area contributed by atoms with E-state index in [4.69, 9.17) is 0 Å². The molecule has 1 aromatic carbocycles. The lowest BCUT2D eigenvalue weighted by molar-refractivity contribution is 0.255. The van der Waals surface area contributed by atoms with Crippen LogP contribution in [-0.4, -0.2) is 12.6 Å². The molecule has 1 saturated carbocycles. The Labute approximate surface area is 112 Å². The van der Waals surface area contributed by atoms with Crippen molar-refractivity contribution in [1.82, 2.24) is 5.32 Å². The predicted octanol–water partition coefficient (Wildman–Crippen LogP) is 4.10. The van der Waals surface area contributed by atoms with Crippen molar-refractivity contribution in [2.24, 2.45) is 5.92 Å². The molecule has 0 radical (unpaired) electrons. The van der Waals surface area contributed by atoms with E-state index in [9.17, 15) is 0 Å². The quantitative estimate of drug-likeness (QED) is 0.762. The van der Waals surface area contributed by atoms with Crippen LogP contribution < -0.4 is 5.32 Å². The minimum Gasteiger partial charge on any atom is -0.314 e. The highest BCUT2D eigenvalue weighted by molar-refractivity contribution is 5.21. The maximum Gasteiger partial charge on any atom is 0.00727 e.